The van der Waals surface area contributed by atoms with Crippen molar-refractivity contribution in [2.45, 2.75) is 13.8 Å². The Morgan fingerprint density at radius 3 is 2.14 bits per heavy atom. The smallest absolute Gasteiger partial charge is 0.341 e. The number of hydrogen-bond donors (Lipinski definition) is 2. The van der Waals surface area contributed by atoms with Crippen LogP contribution in [-0.4, -0.2) is 52.3 Å². The predicted molar refractivity (Wildman–Crippen MR) is 140 cm³/mol. The number of nitrogens with one attached hydrogen (secondary N) is 2. The molecule has 3 aromatic rings. The van der Waals surface area contributed by atoms with Crippen molar-refractivity contribution in [3.05, 3.63) is 58.5 Å². The Balaban J connectivity index is 1.83. The summed E-state index contributed by atoms with van der Waals surface area (Å²) in [4.78, 5) is 38.8. The minimum absolute atomic E-state index is 0.104. The molecule has 196 valence electrons. The van der Waals surface area contributed by atoms with Crippen LogP contribution in [0.25, 0.3) is 0 Å². The maximum atomic E-state index is 13.2. The summed E-state index contributed by atoms with van der Waals surface area (Å²) in [7, 11) is 4.54. The van der Waals surface area contributed by atoms with Crippen molar-refractivity contribution in [2.75, 3.05) is 45.2 Å². The van der Waals surface area contributed by atoms with Crippen molar-refractivity contribution in [2.24, 2.45) is 0 Å². The molecular weight excluding hydrogens is 500 g/mol. The van der Waals surface area contributed by atoms with E-state index in [1.165, 1.54) is 14.2 Å². The molecule has 1 heterocycles. The number of hydrogen-bond acceptors (Lipinski definition) is 9. The first-order valence-corrected chi connectivity index (χ1v) is 12.0. The molecule has 2 amide bonds. The maximum Gasteiger partial charge on any atom is 0.341 e. The highest BCUT2D eigenvalue weighted by molar-refractivity contribution is 7.19. The summed E-state index contributed by atoms with van der Waals surface area (Å²) >= 11 is 0.957. The van der Waals surface area contributed by atoms with E-state index in [0.717, 1.165) is 11.3 Å². The summed E-state index contributed by atoms with van der Waals surface area (Å²) < 4.78 is 26.3. The third-order valence-corrected chi connectivity index (χ3v) is 6.38. The second kappa shape index (κ2) is 12.6. The van der Waals surface area contributed by atoms with Crippen LogP contribution in [0.4, 0.5) is 10.7 Å². The first kappa shape index (κ1) is 27.3. The molecule has 0 saturated carbocycles. The fourth-order valence-corrected chi connectivity index (χ4v) is 4.45. The Hall–Kier alpha value is -4.25. The number of carbonyl (C=O) groups is 3. The van der Waals surface area contributed by atoms with Crippen LogP contribution in [0.2, 0.25) is 0 Å². The van der Waals surface area contributed by atoms with E-state index in [9.17, 15) is 14.4 Å². The molecule has 2 N–H and O–H groups in total. The lowest BCUT2D eigenvalue weighted by molar-refractivity contribution is -0.118. The van der Waals surface area contributed by atoms with Crippen LogP contribution in [0.15, 0.2) is 42.5 Å². The first-order chi connectivity index (χ1) is 17.8. The number of carbonyl (C=O) groups excluding carboxylic acids is 3. The quantitative estimate of drug-likeness (QED) is 0.348. The van der Waals surface area contributed by atoms with E-state index in [1.54, 1.807) is 63.4 Å². The fraction of sp³-hybridized carbons (Fsp3) is 0.269. The summed E-state index contributed by atoms with van der Waals surface area (Å²) in [5.41, 5.74) is 0.859. The zero-order valence-corrected chi connectivity index (χ0v) is 21.9. The summed E-state index contributed by atoms with van der Waals surface area (Å²) in [6.45, 7) is 3.10. The third kappa shape index (κ3) is 6.70. The maximum absolute atomic E-state index is 13.2. The summed E-state index contributed by atoms with van der Waals surface area (Å²) in [5, 5.41) is 5.63. The van der Waals surface area contributed by atoms with Crippen LogP contribution in [0.5, 0.6) is 23.0 Å². The molecule has 0 aliphatic heterocycles. The van der Waals surface area contributed by atoms with Crippen LogP contribution >= 0.6 is 11.3 Å². The zero-order valence-electron chi connectivity index (χ0n) is 21.1. The van der Waals surface area contributed by atoms with Crippen molar-refractivity contribution < 1.29 is 38.1 Å². The second-order valence-electron chi connectivity index (χ2n) is 7.51. The van der Waals surface area contributed by atoms with Gasteiger partial charge in [0.25, 0.3) is 11.8 Å². The molecule has 0 fully saturated rings. The summed E-state index contributed by atoms with van der Waals surface area (Å²) in [6, 6.07) is 11.7. The molecule has 37 heavy (non-hydrogen) atoms. The molecule has 0 bridgehead atoms. The largest absolute Gasteiger partial charge is 0.497 e. The Morgan fingerprint density at radius 2 is 1.51 bits per heavy atom. The summed E-state index contributed by atoms with van der Waals surface area (Å²) in [6.07, 6.45) is 0. The molecule has 3 rings (SSSR count). The van der Waals surface area contributed by atoms with E-state index in [0.29, 0.717) is 34.2 Å². The molecule has 0 radical (unpaired) electrons. The van der Waals surface area contributed by atoms with Gasteiger partial charge in [-0.3, -0.25) is 9.59 Å². The number of rotatable bonds is 11. The molecule has 0 spiro atoms. The number of benzene rings is 2. The van der Waals surface area contributed by atoms with Crippen LogP contribution in [0.3, 0.4) is 0 Å². The Morgan fingerprint density at radius 1 is 0.865 bits per heavy atom. The third-order valence-electron chi connectivity index (χ3n) is 5.17. The Labute approximate surface area is 218 Å². The van der Waals surface area contributed by atoms with Crippen molar-refractivity contribution in [3.8, 4) is 23.0 Å². The molecule has 0 unspecified atom stereocenters. The minimum Gasteiger partial charge on any atom is -0.497 e. The molecule has 0 aliphatic carbocycles. The zero-order chi connectivity index (χ0) is 26.9. The van der Waals surface area contributed by atoms with Crippen LogP contribution in [0, 0.1) is 6.92 Å². The van der Waals surface area contributed by atoms with Gasteiger partial charge in [0, 0.05) is 6.07 Å². The highest BCUT2D eigenvalue weighted by Crippen LogP contribution is 2.36. The molecule has 11 heteroatoms. The number of ether oxygens (including phenoxy) is 5. The van der Waals surface area contributed by atoms with Crippen LogP contribution < -0.4 is 29.6 Å². The van der Waals surface area contributed by atoms with Crippen molar-refractivity contribution in [1.29, 1.82) is 0 Å². The number of anilines is 2. The topological polar surface area (TPSA) is 121 Å². The Bertz CT molecular complexity index is 1270. The molecule has 0 saturated heterocycles. The number of methoxy groups -OCH3 is 3. The van der Waals surface area contributed by atoms with Crippen molar-refractivity contribution in [3.63, 3.8) is 0 Å². The average molecular weight is 529 g/mol. The van der Waals surface area contributed by atoms with E-state index >= 15 is 0 Å². The second-order valence-corrected chi connectivity index (χ2v) is 8.53. The van der Waals surface area contributed by atoms with E-state index < -0.39 is 17.8 Å². The molecular formula is C26H28N2O8S. The van der Waals surface area contributed by atoms with Gasteiger partial charge in [-0.25, -0.2) is 4.79 Å². The molecule has 2 aromatic carbocycles. The Kier molecular flexibility index (Phi) is 9.33. The highest BCUT2D eigenvalue weighted by atomic mass is 32.1. The van der Waals surface area contributed by atoms with E-state index in [2.05, 4.69) is 10.6 Å². The van der Waals surface area contributed by atoms with Gasteiger partial charge in [0.05, 0.1) is 44.1 Å². The SMILES string of the molecule is CCOC(=O)c1c(NC(=O)COc2ccc(OC)cc2)sc(C(=O)Nc2cc(OC)ccc2OC)c1C. The highest BCUT2D eigenvalue weighted by Gasteiger charge is 2.27. The number of esters is 1. The molecule has 1 aromatic heterocycles. The number of amides is 2. The van der Waals surface area contributed by atoms with Gasteiger partial charge in [-0.05, 0) is 55.8 Å². The van der Waals surface area contributed by atoms with Gasteiger partial charge in [0.2, 0.25) is 0 Å². The predicted octanol–water partition coefficient (Wildman–Crippen LogP) is 4.53. The fourth-order valence-electron chi connectivity index (χ4n) is 3.34. The molecule has 0 aliphatic rings. The van der Waals surface area contributed by atoms with Crippen LogP contribution in [-0.2, 0) is 9.53 Å². The summed E-state index contributed by atoms with van der Waals surface area (Å²) in [5.74, 6) is 0.423. The van der Waals surface area contributed by atoms with E-state index in [-0.39, 0.29) is 28.7 Å². The van der Waals surface area contributed by atoms with Gasteiger partial charge in [0.1, 0.15) is 28.0 Å². The molecule has 10 nitrogen and oxygen atoms in total. The van der Waals surface area contributed by atoms with Gasteiger partial charge < -0.3 is 34.3 Å². The van der Waals surface area contributed by atoms with Crippen molar-refractivity contribution in [1.82, 2.24) is 0 Å². The lowest BCUT2D eigenvalue weighted by atomic mass is 10.1. The molecule has 0 atom stereocenters. The van der Waals surface area contributed by atoms with E-state index in [4.69, 9.17) is 23.7 Å². The normalized spacial score (nSPS) is 10.3. The lowest BCUT2D eigenvalue weighted by Crippen LogP contribution is -2.21. The van der Waals surface area contributed by atoms with Crippen molar-refractivity contribution >= 4 is 39.8 Å². The van der Waals surface area contributed by atoms with Crippen LogP contribution in [0.1, 0.15) is 32.5 Å². The number of thiophene rings is 1. The van der Waals surface area contributed by atoms with Gasteiger partial charge in [-0.1, -0.05) is 0 Å². The van der Waals surface area contributed by atoms with E-state index in [1.807, 2.05) is 0 Å². The van der Waals surface area contributed by atoms with Gasteiger partial charge in [-0.2, -0.15) is 0 Å². The van der Waals surface area contributed by atoms with Gasteiger partial charge in [-0.15, -0.1) is 11.3 Å². The van der Waals surface area contributed by atoms with Gasteiger partial charge >= 0.3 is 5.97 Å². The van der Waals surface area contributed by atoms with Gasteiger partial charge in [0.15, 0.2) is 6.61 Å². The lowest BCUT2D eigenvalue weighted by Gasteiger charge is -2.11. The monoisotopic (exact) mass is 528 g/mol. The standard InChI is InChI=1S/C26H28N2O8S/c1-6-35-26(31)22-15(2)23(24(30)27-19-13-18(33-4)11-12-20(19)34-5)37-25(22)28-21(29)14-36-17-9-7-16(32-3)8-10-17/h7-13H,6,14H2,1-5H3,(H,27,30)(H,28,29). The minimum atomic E-state index is -0.652. The first-order valence-electron chi connectivity index (χ1n) is 11.2. The average Bonchev–Trinajstić information content (AvgIpc) is 3.23.